The Labute approximate surface area is 136 Å². The molecule has 0 unspecified atom stereocenters. The Kier molecular flexibility index (Phi) is 5.78. The van der Waals surface area contributed by atoms with E-state index in [1.54, 1.807) is 6.07 Å². The molecule has 8 heteroatoms. The maximum atomic E-state index is 13.0. The lowest BCUT2D eigenvalue weighted by atomic mass is 10.2. The minimum absolute atomic E-state index is 0.0221. The molecule has 0 saturated carbocycles. The molecule has 6 nitrogen and oxygen atoms in total. The normalized spacial score (nSPS) is 10.1. The van der Waals surface area contributed by atoms with Gasteiger partial charge in [-0.3, -0.25) is 9.59 Å². The molecule has 0 bridgehead atoms. The highest BCUT2D eigenvalue weighted by atomic mass is 19.1. The van der Waals surface area contributed by atoms with Crippen molar-refractivity contribution in [2.24, 2.45) is 0 Å². The van der Waals surface area contributed by atoms with Crippen molar-refractivity contribution in [2.75, 3.05) is 11.9 Å². The lowest BCUT2D eigenvalue weighted by Crippen LogP contribution is -2.28. The Morgan fingerprint density at radius 2 is 1.88 bits per heavy atom. The predicted octanol–water partition coefficient (Wildman–Crippen LogP) is 2.01. The number of anilines is 1. The quantitative estimate of drug-likeness (QED) is 0.846. The molecule has 0 aliphatic carbocycles. The van der Waals surface area contributed by atoms with Gasteiger partial charge in [-0.15, -0.1) is 0 Å². The standard InChI is InChI=1S/C16H15F2N3O3/c1-10(22)21-14-2-3-16(20-8-14)24-9-15(23)19-7-11-4-12(17)6-13(18)5-11/h2-6,8H,7,9H2,1H3,(H,19,23)(H,21,22). The van der Waals surface area contributed by atoms with Crippen LogP contribution in [0.2, 0.25) is 0 Å². The van der Waals surface area contributed by atoms with Gasteiger partial charge in [-0.25, -0.2) is 13.8 Å². The number of nitrogens with one attached hydrogen (secondary N) is 2. The van der Waals surface area contributed by atoms with Crippen LogP contribution in [0.15, 0.2) is 36.5 Å². The van der Waals surface area contributed by atoms with Crippen LogP contribution in [0, 0.1) is 11.6 Å². The first-order valence-corrected chi connectivity index (χ1v) is 7.00. The van der Waals surface area contributed by atoms with Crippen LogP contribution >= 0.6 is 0 Å². The summed E-state index contributed by atoms with van der Waals surface area (Å²) in [6.07, 6.45) is 1.39. The summed E-state index contributed by atoms with van der Waals surface area (Å²) in [6, 6.07) is 6.10. The molecule has 0 aliphatic heterocycles. The summed E-state index contributed by atoms with van der Waals surface area (Å²) >= 11 is 0. The van der Waals surface area contributed by atoms with E-state index in [-0.39, 0.29) is 24.9 Å². The minimum atomic E-state index is -0.709. The highest BCUT2D eigenvalue weighted by Gasteiger charge is 2.06. The van der Waals surface area contributed by atoms with Gasteiger partial charge in [-0.05, 0) is 23.8 Å². The molecule has 1 aromatic heterocycles. The molecule has 0 spiro atoms. The molecular formula is C16H15F2N3O3. The molecule has 0 saturated heterocycles. The Balaban J connectivity index is 1.79. The number of ether oxygens (including phenoxy) is 1. The van der Waals surface area contributed by atoms with Crippen molar-refractivity contribution in [1.82, 2.24) is 10.3 Å². The van der Waals surface area contributed by atoms with Crippen LogP contribution in [0.4, 0.5) is 14.5 Å². The number of hydrogen-bond donors (Lipinski definition) is 2. The fourth-order valence-corrected chi connectivity index (χ4v) is 1.85. The number of benzene rings is 1. The Hall–Kier alpha value is -3.03. The van der Waals surface area contributed by atoms with E-state index in [1.165, 1.54) is 19.2 Å². The van der Waals surface area contributed by atoms with Crippen molar-refractivity contribution < 1.29 is 23.1 Å². The number of hydrogen-bond acceptors (Lipinski definition) is 4. The number of carbonyl (C=O) groups is 2. The maximum absolute atomic E-state index is 13.0. The fraction of sp³-hybridized carbons (Fsp3) is 0.188. The van der Waals surface area contributed by atoms with E-state index in [2.05, 4.69) is 15.6 Å². The molecule has 126 valence electrons. The SMILES string of the molecule is CC(=O)Nc1ccc(OCC(=O)NCc2cc(F)cc(F)c2)nc1. The zero-order valence-electron chi connectivity index (χ0n) is 12.8. The van der Waals surface area contributed by atoms with Crippen LogP contribution < -0.4 is 15.4 Å². The molecule has 2 rings (SSSR count). The van der Waals surface area contributed by atoms with Crippen LogP contribution in [0.1, 0.15) is 12.5 Å². The molecule has 1 heterocycles. The zero-order valence-corrected chi connectivity index (χ0v) is 12.8. The second-order valence-corrected chi connectivity index (χ2v) is 4.91. The average molecular weight is 335 g/mol. The third-order valence-electron chi connectivity index (χ3n) is 2.82. The van der Waals surface area contributed by atoms with E-state index in [0.29, 0.717) is 11.3 Å². The largest absolute Gasteiger partial charge is 0.468 e. The van der Waals surface area contributed by atoms with Gasteiger partial charge in [0.25, 0.3) is 5.91 Å². The van der Waals surface area contributed by atoms with Crippen LogP contribution in [-0.4, -0.2) is 23.4 Å². The van der Waals surface area contributed by atoms with Gasteiger partial charge in [0.1, 0.15) is 11.6 Å². The maximum Gasteiger partial charge on any atom is 0.258 e. The summed E-state index contributed by atoms with van der Waals surface area (Å²) in [4.78, 5) is 26.5. The molecule has 2 amide bonds. The van der Waals surface area contributed by atoms with E-state index >= 15 is 0 Å². The van der Waals surface area contributed by atoms with Gasteiger partial charge in [-0.1, -0.05) is 0 Å². The van der Waals surface area contributed by atoms with Gasteiger partial charge in [0.05, 0.1) is 11.9 Å². The van der Waals surface area contributed by atoms with E-state index in [4.69, 9.17) is 4.74 Å². The zero-order chi connectivity index (χ0) is 17.5. The second kappa shape index (κ2) is 8.00. The first-order chi connectivity index (χ1) is 11.4. The van der Waals surface area contributed by atoms with Crippen LogP contribution in [-0.2, 0) is 16.1 Å². The van der Waals surface area contributed by atoms with Gasteiger partial charge in [0, 0.05) is 25.6 Å². The second-order valence-electron chi connectivity index (χ2n) is 4.91. The van der Waals surface area contributed by atoms with Gasteiger partial charge < -0.3 is 15.4 Å². The lowest BCUT2D eigenvalue weighted by molar-refractivity contribution is -0.123. The van der Waals surface area contributed by atoms with E-state index in [1.807, 2.05) is 0 Å². The van der Waals surface area contributed by atoms with Crippen molar-refractivity contribution in [2.45, 2.75) is 13.5 Å². The van der Waals surface area contributed by atoms with Gasteiger partial charge in [0.15, 0.2) is 6.61 Å². The van der Waals surface area contributed by atoms with Crippen LogP contribution in [0.5, 0.6) is 5.88 Å². The number of halogens is 2. The molecule has 0 atom stereocenters. The minimum Gasteiger partial charge on any atom is -0.468 e. The van der Waals surface area contributed by atoms with Gasteiger partial charge >= 0.3 is 0 Å². The summed E-state index contributed by atoms with van der Waals surface area (Å²) in [7, 11) is 0. The third-order valence-corrected chi connectivity index (χ3v) is 2.82. The lowest BCUT2D eigenvalue weighted by Gasteiger charge is -2.08. The molecule has 0 fully saturated rings. The molecule has 0 aliphatic rings. The number of pyridine rings is 1. The number of rotatable bonds is 6. The number of amides is 2. The smallest absolute Gasteiger partial charge is 0.258 e. The summed E-state index contributed by atoms with van der Waals surface area (Å²) < 4.78 is 31.2. The van der Waals surface area contributed by atoms with E-state index < -0.39 is 17.5 Å². The van der Waals surface area contributed by atoms with Crippen molar-refractivity contribution in [3.63, 3.8) is 0 Å². The molecular weight excluding hydrogens is 320 g/mol. The molecule has 1 aromatic carbocycles. The third kappa shape index (κ3) is 5.64. The number of carbonyl (C=O) groups excluding carboxylic acids is 2. The number of aromatic nitrogens is 1. The summed E-state index contributed by atoms with van der Waals surface area (Å²) in [5.41, 5.74) is 0.811. The van der Waals surface area contributed by atoms with Crippen molar-refractivity contribution in [1.29, 1.82) is 0 Å². The first kappa shape index (κ1) is 17.3. The fourth-order valence-electron chi connectivity index (χ4n) is 1.85. The van der Waals surface area contributed by atoms with Crippen molar-refractivity contribution in [3.8, 4) is 5.88 Å². The Morgan fingerprint density at radius 3 is 2.46 bits per heavy atom. The first-order valence-electron chi connectivity index (χ1n) is 7.00. The monoisotopic (exact) mass is 335 g/mol. The summed E-state index contributed by atoms with van der Waals surface area (Å²) in [5, 5.41) is 5.03. The van der Waals surface area contributed by atoms with Gasteiger partial charge in [-0.2, -0.15) is 0 Å². The van der Waals surface area contributed by atoms with Crippen molar-refractivity contribution >= 4 is 17.5 Å². The average Bonchev–Trinajstić information content (AvgIpc) is 2.51. The van der Waals surface area contributed by atoms with Crippen LogP contribution in [0.25, 0.3) is 0 Å². The predicted molar refractivity (Wildman–Crippen MR) is 82.2 cm³/mol. The molecule has 0 radical (unpaired) electrons. The van der Waals surface area contributed by atoms with Gasteiger partial charge in [0.2, 0.25) is 11.8 Å². The Bertz CT molecular complexity index is 716. The highest BCUT2D eigenvalue weighted by Crippen LogP contribution is 2.11. The van der Waals surface area contributed by atoms with E-state index in [9.17, 15) is 18.4 Å². The summed E-state index contributed by atoms with van der Waals surface area (Å²) in [6.45, 7) is 1.05. The molecule has 2 aromatic rings. The topological polar surface area (TPSA) is 80.3 Å². The van der Waals surface area contributed by atoms with Crippen molar-refractivity contribution in [3.05, 3.63) is 53.7 Å². The van der Waals surface area contributed by atoms with Crippen LogP contribution in [0.3, 0.4) is 0 Å². The Morgan fingerprint density at radius 1 is 1.17 bits per heavy atom. The molecule has 2 N–H and O–H groups in total. The van der Waals surface area contributed by atoms with E-state index in [0.717, 1.165) is 18.2 Å². The summed E-state index contributed by atoms with van der Waals surface area (Å²) in [5.74, 6) is -1.90. The number of nitrogens with zero attached hydrogens (tertiary/aromatic N) is 1. The molecule has 24 heavy (non-hydrogen) atoms. The highest BCUT2D eigenvalue weighted by molar-refractivity contribution is 5.88.